The van der Waals surface area contributed by atoms with Gasteiger partial charge in [-0.25, -0.2) is 0 Å². The molecule has 0 unspecified atom stereocenters. The lowest BCUT2D eigenvalue weighted by Gasteiger charge is -2.19. The van der Waals surface area contributed by atoms with Gasteiger partial charge in [-0.1, -0.05) is 42.3 Å². The summed E-state index contributed by atoms with van der Waals surface area (Å²) in [7, 11) is 0. The minimum atomic E-state index is -0.163. The highest BCUT2D eigenvalue weighted by Crippen LogP contribution is 2.20. The van der Waals surface area contributed by atoms with Crippen LogP contribution in [0, 0.1) is 0 Å². The Morgan fingerprint density at radius 1 is 1.08 bits per heavy atom. The van der Waals surface area contributed by atoms with E-state index in [0.717, 1.165) is 10.4 Å². The Balaban J connectivity index is 1.75. The molecule has 26 heavy (non-hydrogen) atoms. The van der Waals surface area contributed by atoms with Crippen LogP contribution < -0.4 is 10.6 Å². The van der Waals surface area contributed by atoms with Gasteiger partial charge in [-0.2, -0.15) is 0 Å². The minimum absolute atomic E-state index is 0.103. The van der Waals surface area contributed by atoms with E-state index in [1.165, 1.54) is 0 Å². The van der Waals surface area contributed by atoms with Crippen molar-refractivity contribution in [2.45, 2.75) is 20.0 Å². The van der Waals surface area contributed by atoms with Gasteiger partial charge in [0.1, 0.15) is 0 Å². The van der Waals surface area contributed by atoms with Crippen molar-refractivity contribution < 1.29 is 9.59 Å². The summed E-state index contributed by atoms with van der Waals surface area (Å²) in [5, 5.41) is 8.71. The fourth-order valence-electron chi connectivity index (χ4n) is 2.26. The van der Waals surface area contributed by atoms with E-state index in [4.69, 9.17) is 23.2 Å². The van der Waals surface area contributed by atoms with Crippen molar-refractivity contribution in [3.63, 3.8) is 0 Å². The number of nitrogens with zero attached hydrogens (tertiary/aromatic N) is 1. The summed E-state index contributed by atoms with van der Waals surface area (Å²) in [6.07, 6.45) is 0. The molecule has 8 heteroatoms. The number of thiophene rings is 1. The van der Waals surface area contributed by atoms with Gasteiger partial charge in [-0.05, 0) is 35.7 Å². The van der Waals surface area contributed by atoms with Crippen molar-refractivity contribution in [1.82, 2.24) is 15.5 Å². The summed E-state index contributed by atoms with van der Waals surface area (Å²) < 4.78 is 0. The first-order chi connectivity index (χ1) is 12.5. The molecule has 2 N–H and O–H groups in total. The highest BCUT2D eigenvalue weighted by Gasteiger charge is 2.13. The Labute approximate surface area is 167 Å². The molecule has 2 rings (SSSR count). The van der Waals surface area contributed by atoms with Crippen molar-refractivity contribution in [3.8, 4) is 0 Å². The molecule has 1 aromatic heterocycles. The Bertz CT molecular complexity index is 738. The molecular formula is C18H21Cl2N3O2S. The van der Waals surface area contributed by atoms with Crippen molar-refractivity contribution in [1.29, 1.82) is 0 Å². The molecule has 0 bridgehead atoms. The Morgan fingerprint density at radius 2 is 1.77 bits per heavy atom. The van der Waals surface area contributed by atoms with E-state index in [9.17, 15) is 9.59 Å². The van der Waals surface area contributed by atoms with Crippen molar-refractivity contribution >= 4 is 46.4 Å². The lowest BCUT2D eigenvalue weighted by molar-refractivity contribution is -0.125. The molecule has 0 aliphatic heterocycles. The zero-order valence-electron chi connectivity index (χ0n) is 14.4. The first-order valence-electron chi connectivity index (χ1n) is 8.20. The molecule has 5 nitrogen and oxygen atoms in total. The van der Waals surface area contributed by atoms with Crippen LogP contribution in [0.1, 0.15) is 17.4 Å². The second-order valence-electron chi connectivity index (χ2n) is 5.67. The molecule has 0 atom stereocenters. The number of likely N-dealkylation sites (N-methyl/N-ethyl adjacent to an activating group) is 1. The van der Waals surface area contributed by atoms with Gasteiger partial charge < -0.3 is 10.6 Å². The predicted octanol–water partition coefficient (Wildman–Crippen LogP) is 3.31. The van der Waals surface area contributed by atoms with E-state index in [-0.39, 0.29) is 24.9 Å². The molecule has 0 fully saturated rings. The third kappa shape index (κ3) is 6.96. The lowest BCUT2D eigenvalue weighted by atomic mass is 10.2. The summed E-state index contributed by atoms with van der Waals surface area (Å²) in [5.41, 5.74) is 0.793. The van der Waals surface area contributed by atoms with Crippen LogP contribution in [0.2, 0.25) is 10.0 Å². The standard InChI is InChI=1S/C18H21Cl2N3O2S/c1-2-23(12-18(25)22-10-15-4-3-7-26-15)11-17(24)21-9-13-5-6-14(19)8-16(13)20/h3-8H,2,9-12H2,1H3,(H,21,24)(H,22,25). The minimum Gasteiger partial charge on any atom is -0.351 e. The predicted molar refractivity (Wildman–Crippen MR) is 107 cm³/mol. The molecule has 0 aliphatic rings. The first kappa shape index (κ1) is 20.7. The van der Waals surface area contributed by atoms with Crippen LogP contribution in [0.4, 0.5) is 0 Å². The average Bonchev–Trinajstić information content (AvgIpc) is 3.12. The van der Waals surface area contributed by atoms with Crippen LogP contribution in [0.25, 0.3) is 0 Å². The molecule has 0 saturated carbocycles. The summed E-state index contributed by atoms with van der Waals surface area (Å²) in [5.74, 6) is -0.266. The van der Waals surface area contributed by atoms with Crippen LogP contribution in [0.5, 0.6) is 0 Å². The monoisotopic (exact) mass is 413 g/mol. The largest absolute Gasteiger partial charge is 0.351 e. The van der Waals surface area contributed by atoms with E-state index >= 15 is 0 Å². The van der Waals surface area contributed by atoms with Crippen LogP contribution in [0.3, 0.4) is 0 Å². The quantitative estimate of drug-likeness (QED) is 0.662. The molecule has 2 amide bonds. The maximum atomic E-state index is 12.1. The highest BCUT2D eigenvalue weighted by atomic mass is 35.5. The fraction of sp³-hybridized carbons (Fsp3) is 0.333. The van der Waals surface area contributed by atoms with Crippen molar-refractivity contribution in [2.75, 3.05) is 19.6 Å². The van der Waals surface area contributed by atoms with E-state index in [1.807, 2.05) is 24.4 Å². The zero-order chi connectivity index (χ0) is 18.9. The van der Waals surface area contributed by atoms with Crippen LogP contribution in [0.15, 0.2) is 35.7 Å². The highest BCUT2D eigenvalue weighted by molar-refractivity contribution is 7.09. The topological polar surface area (TPSA) is 61.4 Å². The Hall–Kier alpha value is -1.60. The summed E-state index contributed by atoms with van der Waals surface area (Å²) in [4.78, 5) is 27.0. The normalized spacial score (nSPS) is 10.8. The second-order valence-corrected chi connectivity index (χ2v) is 7.55. The maximum Gasteiger partial charge on any atom is 0.234 e. The van der Waals surface area contributed by atoms with Gasteiger partial charge in [-0.3, -0.25) is 14.5 Å². The second kappa shape index (κ2) is 10.5. The fourth-order valence-corrected chi connectivity index (χ4v) is 3.38. The number of carbonyl (C=O) groups excluding carboxylic acids is 2. The number of benzene rings is 1. The van der Waals surface area contributed by atoms with Gasteiger partial charge >= 0.3 is 0 Å². The number of amides is 2. The van der Waals surface area contributed by atoms with E-state index < -0.39 is 0 Å². The Morgan fingerprint density at radius 3 is 2.35 bits per heavy atom. The number of carbonyl (C=O) groups is 2. The van der Waals surface area contributed by atoms with Gasteiger partial charge in [0, 0.05) is 21.5 Å². The van der Waals surface area contributed by atoms with E-state index in [2.05, 4.69) is 10.6 Å². The molecule has 140 valence electrons. The molecule has 1 heterocycles. The number of hydrogen-bond donors (Lipinski definition) is 2. The van der Waals surface area contributed by atoms with Crippen LogP contribution in [-0.2, 0) is 22.7 Å². The third-order valence-corrected chi connectivity index (χ3v) is 5.18. The molecule has 0 saturated heterocycles. The maximum absolute atomic E-state index is 12.1. The number of rotatable bonds is 9. The average molecular weight is 414 g/mol. The molecule has 0 spiro atoms. The SMILES string of the molecule is CCN(CC(=O)NCc1cccs1)CC(=O)NCc1ccc(Cl)cc1Cl. The summed E-state index contributed by atoms with van der Waals surface area (Å²) in [6, 6.07) is 9.06. The Kier molecular flexibility index (Phi) is 8.38. The van der Waals surface area contributed by atoms with Crippen LogP contribution >= 0.6 is 34.5 Å². The number of nitrogens with one attached hydrogen (secondary N) is 2. The lowest BCUT2D eigenvalue weighted by Crippen LogP contribution is -2.42. The first-order valence-corrected chi connectivity index (χ1v) is 9.83. The van der Waals surface area contributed by atoms with E-state index in [1.54, 1.807) is 34.4 Å². The number of halogens is 2. The van der Waals surface area contributed by atoms with Crippen molar-refractivity contribution in [2.24, 2.45) is 0 Å². The molecular weight excluding hydrogens is 393 g/mol. The smallest absolute Gasteiger partial charge is 0.234 e. The van der Waals surface area contributed by atoms with E-state index in [0.29, 0.717) is 29.7 Å². The van der Waals surface area contributed by atoms with Crippen molar-refractivity contribution in [3.05, 3.63) is 56.2 Å². The summed E-state index contributed by atoms with van der Waals surface area (Å²) in [6.45, 7) is 3.66. The number of hydrogen-bond acceptors (Lipinski definition) is 4. The molecule has 0 radical (unpaired) electrons. The van der Waals surface area contributed by atoms with Gasteiger partial charge in [0.15, 0.2) is 0 Å². The zero-order valence-corrected chi connectivity index (χ0v) is 16.8. The van der Waals surface area contributed by atoms with Gasteiger partial charge in [0.2, 0.25) is 11.8 Å². The third-order valence-electron chi connectivity index (χ3n) is 3.71. The van der Waals surface area contributed by atoms with Gasteiger partial charge in [-0.15, -0.1) is 11.3 Å². The molecule has 0 aliphatic carbocycles. The molecule has 2 aromatic rings. The van der Waals surface area contributed by atoms with Crippen LogP contribution in [-0.4, -0.2) is 36.3 Å². The van der Waals surface area contributed by atoms with Gasteiger partial charge in [0.25, 0.3) is 0 Å². The molecule has 1 aromatic carbocycles. The van der Waals surface area contributed by atoms with Gasteiger partial charge in [0.05, 0.1) is 19.6 Å². The summed E-state index contributed by atoms with van der Waals surface area (Å²) >= 11 is 13.5.